The van der Waals surface area contributed by atoms with Gasteiger partial charge in [0.15, 0.2) is 0 Å². The lowest BCUT2D eigenvalue weighted by molar-refractivity contribution is -0.120. The van der Waals surface area contributed by atoms with Crippen molar-refractivity contribution < 1.29 is 36.9 Å². The van der Waals surface area contributed by atoms with Crippen molar-refractivity contribution in [1.82, 2.24) is 0 Å². The summed E-state index contributed by atoms with van der Waals surface area (Å²) < 4.78 is 23.3. The van der Waals surface area contributed by atoms with Crippen LogP contribution in [0.25, 0.3) is 0 Å². The van der Waals surface area contributed by atoms with Gasteiger partial charge in [-0.15, -0.1) is 0 Å². The molecule has 0 N–H and O–H groups in total. The molecule has 0 aliphatic carbocycles. The van der Waals surface area contributed by atoms with Crippen molar-refractivity contribution in [3.63, 3.8) is 0 Å². The summed E-state index contributed by atoms with van der Waals surface area (Å²) >= 11 is 0. The van der Waals surface area contributed by atoms with E-state index < -0.39 is 33.5 Å². The van der Waals surface area contributed by atoms with Gasteiger partial charge in [0.2, 0.25) is 0 Å². The molecule has 9 heteroatoms. The molecule has 0 saturated heterocycles. The maximum Gasteiger partial charge on any atom is 0.680 e. The summed E-state index contributed by atoms with van der Waals surface area (Å²) in [6.07, 6.45) is 0.940. The van der Waals surface area contributed by atoms with E-state index in [0.29, 0.717) is 25.1 Å². The Morgan fingerprint density at radius 1 is 0.560 bits per heavy atom. The van der Waals surface area contributed by atoms with Crippen molar-refractivity contribution in [2.75, 3.05) is 0 Å². The molecule has 0 fully saturated rings. The SMILES string of the molecule is CC(CC=O)O[Si](OC(C)CC=O)(OC(C)CC=O)OC(C)CC=O. The van der Waals surface area contributed by atoms with Crippen molar-refractivity contribution in [1.29, 1.82) is 0 Å². The summed E-state index contributed by atoms with van der Waals surface area (Å²) in [5.74, 6) is 0. The second-order valence-electron chi connectivity index (χ2n) is 5.82. The van der Waals surface area contributed by atoms with E-state index in [0.717, 1.165) is 0 Å². The first-order valence-electron chi connectivity index (χ1n) is 8.28. The van der Waals surface area contributed by atoms with Crippen LogP contribution >= 0.6 is 0 Å². The van der Waals surface area contributed by atoms with Gasteiger partial charge in [-0.1, -0.05) is 0 Å². The molecule has 0 aromatic heterocycles. The minimum Gasteiger partial charge on any atom is -0.348 e. The van der Waals surface area contributed by atoms with Gasteiger partial charge in [0.05, 0.1) is 24.4 Å². The second-order valence-corrected chi connectivity index (χ2v) is 7.77. The van der Waals surface area contributed by atoms with E-state index in [1.807, 2.05) is 0 Å². The Labute approximate surface area is 149 Å². The predicted octanol–water partition coefficient (Wildman–Crippen LogP) is 1.40. The average Bonchev–Trinajstić information content (AvgIpc) is 2.47. The second kappa shape index (κ2) is 13.0. The third-order valence-electron chi connectivity index (χ3n) is 3.09. The van der Waals surface area contributed by atoms with E-state index in [4.69, 9.17) is 17.7 Å². The molecular weight excluding hydrogens is 348 g/mol. The maximum absolute atomic E-state index is 10.7. The Hall–Kier alpha value is -1.26. The van der Waals surface area contributed by atoms with Gasteiger partial charge in [-0.2, -0.15) is 0 Å². The monoisotopic (exact) mass is 376 g/mol. The van der Waals surface area contributed by atoms with Gasteiger partial charge in [-0.3, -0.25) is 0 Å². The molecule has 0 radical (unpaired) electrons. The fraction of sp³-hybridized carbons (Fsp3) is 0.750. The van der Waals surface area contributed by atoms with Crippen molar-refractivity contribution in [2.45, 2.75) is 77.8 Å². The Balaban J connectivity index is 5.53. The molecule has 4 unspecified atom stereocenters. The number of rotatable bonds is 16. The molecule has 0 amide bonds. The zero-order chi connectivity index (χ0) is 19.3. The van der Waals surface area contributed by atoms with Gasteiger partial charge >= 0.3 is 9.05 Å². The lowest BCUT2D eigenvalue weighted by Gasteiger charge is -2.35. The Morgan fingerprint density at radius 2 is 0.760 bits per heavy atom. The summed E-state index contributed by atoms with van der Waals surface area (Å²) in [5, 5.41) is 0. The van der Waals surface area contributed by atoms with Gasteiger partial charge in [0.1, 0.15) is 25.1 Å². The van der Waals surface area contributed by atoms with Crippen LogP contribution in [0.3, 0.4) is 0 Å². The highest BCUT2D eigenvalue weighted by molar-refractivity contribution is 6.53. The molecule has 0 saturated carbocycles. The quantitative estimate of drug-likeness (QED) is 0.294. The lowest BCUT2D eigenvalue weighted by Crippen LogP contribution is -2.56. The van der Waals surface area contributed by atoms with Gasteiger partial charge in [0.25, 0.3) is 0 Å². The lowest BCUT2D eigenvalue weighted by atomic mass is 10.3. The number of carbonyl (C=O) groups is 4. The molecule has 8 nitrogen and oxygen atoms in total. The highest BCUT2D eigenvalue weighted by atomic mass is 28.4. The van der Waals surface area contributed by atoms with Crippen LogP contribution in [0.1, 0.15) is 53.4 Å². The van der Waals surface area contributed by atoms with Crippen LogP contribution in [0, 0.1) is 0 Å². The summed E-state index contributed by atoms with van der Waals surface area (Å²) in [6, 6.07) is 0. The Kier molecular flexibility index (Phi) is 12.4. The largest absolute Gasteiger partial charge is 0.680 e. The van der Waals surface area contributed by atoms with E-state index in [-0.39, 0.29) is 25.7 Å². The standard InChI is InChI=1S/C16H28O8Si/c1-13(5-9-17)21-25(22-14(2)6-10-18,23-15(3)7-11-19)24-16(4)8-12-20/h9-16H,5-8H2,1-4H3. The molecule has 0 aromatic carbocycles. The molecule has 0 aliphatic rings. The van der Waals surface area contributed by atoms with Gasteiger partial charge in [-0.25, -0.2) is 0 Å². The molecule has 0 aromatic rings. The van der Waals surface area contributed by atoms with Crippen LogP contribution in [0.15, 0.2) is 0 Å². The number of hydrogen-bond donors (Lipinski definition) is 0. The van der Waals surface area contributed by atoms with Crippen LogP contribution in [0.5, 0.6) is 0 Å². The fourth-order valence-electron chi connectivity index (χ4n) is 1.89. The maximum atomic E-state index is 10.7. The van der Waals surface area contributed by atoms with E-state index in [1.165, 1.54) is 0 Å². The number of aldehydes is 4. The first kappa shape index (κ1) is 23.7. The summed E-state index contributed by atoms with van der Waals surface area (Å²) in [7, 11) is -3.83. The van der Waals surface area contributed by atoms with E-state index in [1.54, 1.807) is 27.7 Å². The molecule has 0 rings (SSSR count). The first-order valence-corrected chi connectivity index (χ1v) is 9.91. The summed E-state index contributed by atoms with van der Waals surface area (Å²) in [6.45, 7) is 6.63. The smallest absolute Gasteiger partial charge is 0.348 e. The predicted molar refractivity (Wildman–Crippen MR) is 90.7 cm³/mol. The molecule has 4 atom stereocenters. The highest BCUT2D eigenvalue weighted by Crippen LogP contribution is 2.23. The summed E-state index contributed by atoms with van der Waals surface area (Å²) in [4.78, 5) is 43.0. The first-order chi connectivity index (χ1) is 11.8. The molecule has 0 spiro atoms. The number of carbonyl (C=O) groups excluding carboxylic acids is 4. The van der Waals surface area contributed by atoms with Gasteiger partial charge < -0.3 is 36.9 Å². The highest BCUT2D eigenvalue weighted by Gasteiger charge is 2.51. The third kappa shape index (κ3) is 10.3. The van der Waals surface area contributed by atoms with Crippen LogP contribution in [-0.4, -0.2) is 58.6 Å². The van der Waals surface area contributed by atoms with Crippen LogP contribution < -0.4 is 0 Å². The average molecular weight is 376 g/mol. The van der Waals surface area contributed by atoms with Crippen molar-refractivity contribution in [2.24, 2.45) is 0 Å². The van der Waals surface area contributed by atoms with E-state index >= 15 is 0 Å². The minimum atomic E-state index is -3.83. The van der Waals surface area contributed by atoms with Crippen LogP contribution in [-0.2, 0) is 36.9 Å². The fourth-order valence-corrected chi connectivity index (χ4v) is 4.58. The van der Waals surface area contributed by atoms with E-state index in [9.17, 15) is 19.2 Å². The Bertz CT molecular complexity index is 339. The van der Waals surface area contributed by atoms with Crippen LogP contribution in [0.2, 0.25) is 0 Å². The zero-order valence-corrected chi connectivity index (χ0v) is 16.2. The van der Waals surface area contributed by atoms with E-state index in [2.05, 4.69) is 0 Å². The van der Waals surface area contributed by atoms with Crippen molar-refractivity contribution in [3.05, 3.63) is 0 Å². The minimum absolute atomic E-state index is 0.0943. The summed E-state index contributed by atoms with van der Waals surface area (Å²) in [5.41, 5.74) is 0. The molecule has 144 valence electrons. The Morgan fingerprint density at radius 3 is 0.920 bits per heavy atom. The normalized spacial score (nSPS) is 18.4. The van der Waals surface area contributed by atoms with Crippen LogP contribution in [0.4, 0.5) is 0 Å². The molecule has 25 heavy (non-hydrogen) atoms. The van der Waals surface area contributed by atoms with Gasteiger partial charge in [0, 0.05) is 25.7 Å². The van der Waals surface area contributed by atoms with Crippen molar-refractivity contribution in [3.8, 4) is 0 Å². The number of hydrogen-bond acceptors (Lipinski definition) is 8. The molecule has 0 bridgehead atoms. The molecule has 0 aliphatic heterocycles. The zero-order valence-electron chi connectivity index (χ0n) is 15.2. The molecular formula is C16H28O8Si. The van der Waals surface area contributed by atoms with Crippen molar-refractivity contribution >= 4 is 34.2 Å². The topological polar surface area (TPSA) is 105 Å². The third-order valence-corrected chi connectivity index (χ3v) is 5.86. The van der Waals surface area contributed by atoms with Gasteiger partial charge in [-0.05, 0) is 27.7 Å². The molecule has 0 heterocycles.